The standard InChI is InChI=1S/C15H20N5O3/c1-6-18-8(2)7-19-11-12(16-14(18)19)17(5)15(23)20(13(11)22)9(3)10(4)21/h7,9,11H,6H2,1-5H3/q+1. The fourth-order valence-electron chi connectivity index (χ4n) is 3.12. The molecule has 1 fully saturated rings. The topological polar surface area (TPSA) is 78.9 Å². The minimum absolute atomic E-state index is 0.231. The Morgan fingerprint density at radius 2 is 2.09 bits per heavy atom. The summed E-state index contributed by atoms with van der Waals surface area (Å²) in [5.41, 5.74) is 0.990. The number of hydrogen-bond acceptors (Lipinski definition) is 4. The summed E-state index contributed by atoms with van der Waals surface area (Å²) in [5.74, 6) is 0.414. The Bertz CT molecular complexity index is 763. The second-order valence-corrected chi connectivity index (χ2v) is 5.93. The first-order valence-electron chi connectivity index (χ1n) is 7.60. The zero-order chi connectivity index (χ0) is 17.0. The lowest BCUT2D eigenvalue weighted by Crippen LogP contribution is -2.65. The van der Waals surface area contributed by atoms with Gasteiger partial charge in [0.05, 0.1) is 12.6 Å². The van der Waals surface area contributed by atoms with E-state index < -0.39 is 24.0 Å². The molecule has 0 radical (unpaired) electrons. The van der Waals surface area contributed by atoms with E-state index in [1.165, 1.54) is 11.8 Å². The number of amides is 3. The van der Waals surface area contributed by atoms with Gasteiger partial charge in [-0.3, -0.25) is 14.5 Å². The molecule has 0 saturated carbocycles. The summed E-state index contributed by atoms with van der Waals surface area (Å²) in [7, 11) is 1.58. The van der Waals surface area contributed by atoms with E-state index in [1.54, 1.807) is 18.5 Å². The van der Waals surface area contributed by atoms with Gasteiger partial charge in [0.15, 0.2) is 5.78 Å². The minimum Gasteiger partial charge on any atom is -0.298 e. The number of aromatic nitrogens is 2. The van der Waals surface area contributed by atoms with E-state index in [9.17, 15) is 14.4 Å². The third-order valence-electron chi connectivity index (χ3n) is 4.56. The quantitative estimate of drug-likeness (QED) is 0.764. The first kappa shape index (κ1) is 15.4. The van der Waals surface area contributed by atoms with Crippen LogP contribution in [0, 0.1) is 6.92 Å². The van der Waals surface area contributed by atoms with Crippen molar-refractivity contribution in [2.24, 2.45) is 4.99 Å². The average Bonchev–Trinajstić information content (AvgIpc) is 2.99. The van der Waals surface area contributed by atoms with Crippen LogP contribution in [0.15, 0.2) is 11.2 Å². The van der Waals surface area contributed by atoms with E-state index in [0.29, 0.717) is 11.8 Å². The first-order valence-corrected chi connectivity index (χ1v) is 7.60. The highest BCUT2D eigenvalue weighted by molar-refractivity contribution is 6.20. The molecule has 0 aliphatic carbocycles. The smallest absolute Gasteiger partial charge is 0.298 e. The summed E-state index contributed by atoms with van der Waals surface area (Å²) in [6, 6.07) is -2.00. The fraction of sp³-hybridized carbons (Fsp3) is 0.533. The molecule has 0 bridgehead atoms. The Hall–Kier alpha value is -2.51. The number of likely N-dealkylation sites (N-methyl/N-ethyl adjacent to an activating group) is 1. The molecular formula is C15H20N5O3+. The summed E-state index contributed by atoms with van der Waals surface area (Å²) in [5, 5.41) is 0. The molecule has 2 atom stereocenters. The number of aliphatic imine (C=N–C) groups is 1. The fourth-order valence-corrected chi connectivity index (χ4v) is 3.12. The van der Waals surface area contributed by atoms with Gasteiger partial charge in [0.2, 0.25) is 11.9 Å². The van der Waals surface area contributed by atoms with Crippen molar-refractivity contribution in [3.8, 4) is 0 Å². The highest BCUT2D eigenvalue weighted by atomic mass is 16.2. The van der Waals surface area contributed by atoms with Crippen LogP contribution in [0.2, 0.25) is 0 Å². The van der Waals surface area contributed by atoms with Gasteiger partial charge in [0.1, 0.15) is 11.9 Å². The predicted octanol–water partition coefficient (Wildman–Crippen LogP) is 0.560. The molecule has 3 rings (SSSR count). The summed E-state index contributed by atoms with van der Waals surface area (Å²) < 4.78 is 3.76. The number of rotatable bonds is 3. The highest BCUT2D eigenvalue weighted by Crippen LogP contribution is 2.29. The van der Waals surface area contributed by atoms with Gasteiger partial charge in [0.25, 0.3) is 5.91 Å². The number of carbonyl (C=O) groups excluding carboxylic acids is 3. The molecule has 122 valence electrons. The zero-order valence-electron chi connectivity index (χ0n) is 13.9. The largest absolute Gasteiger partial charge is 0.401 e. The van der Waals surface area contributed by atoms with Crippen LogP contribution in [0.25, 0.3) is 0 Å². The number of urea groups is 1. The monoisotopic (exact) mass is 318 g/mol. The molecule has 1 aromatic rings. The van der Waals surface area contributed by atoms with Crippen molar-refractivity contribution < 1.29 is 19.0 Å². The molecular weight excluding hydrogens is 298 g/mol. The number of imide groups is 1. The molecule has 3 amide bonds. The summed E-state index contributed by atoms with van der Waals surface area (Å²) in [6.07, 6.45) is 1.86. The van der Waals surface area contributed by atoms with Crippen LogP contribution in [-0.2, 0) is 16.1 Å². The molecule has 1 saturated heterocycles. The van der Waals surface area contributed by atoms with Crippen molar-refractivity contribution in [3.05, 3.63) is 11.9 Å². The molecule has 0 spiro atoms. The summed E-state index contributed by atoms with van der Waals surface area (Å²) >= 11 is 0. The molecule has 23 heavy (non-hydrogen) atoms. The van der Waals surface area contributed by atoms with Crippen LogP contribution in [0.1, 0.15) is 32.5 Å². The second kappa shape index (κ2) is 5.00. The van der Waals surface area contributed by atoms with E-state index in [-0.39, 0.29) is 5.78 Å². The van der Waals surface area contributed by atoms with Crippen molar-refractivity contribution in [2.75, 3.05) is 7.05 Å². The molecule has 8 heteroatoms. The van der Waals surface area contributed by atoms with Crippen LogP contribution in [-0.4, -0.2) is 51.0 Å². The summed E-state index contributed by atoms with van der Waals surface area (Å²) in [6.45, 7) is 7.60. The van der Waals surface area contributed by atoms with Gasteiger partial charge >= 0.3 is 12.0 Å². The van der Waals surface area contributed by atoms with E-state index in [2.05, 4.69) is 4.99 Å². The number of Topliss-reactive ketones (excluding diaryl/α,β-unsaturated/α-hetero) is 1. The van der Waals surface area contributed by atoms with E-state index in [0.717, 1.165) is 17.1 Å². The lowest BCUT2D eigenvalue weighted by molar-refractivity contribution is -0.677. The second-order valence-electron chi connectivity index (χ2n) is 5.93. The summed E-state index contributed by atoms with van der Waals surface area (Å²) in [4.78, 5) is 44.0. The van der Waals surface area contributed by atoms with Gasteiger partial charge in [-0.2, -0.15) is 0 Å². The van der Waals surface area contributed by atoms with Crippen molar-refractivity contribution >= 4 is 29.5 Å². The zero-order valence-corrected chi connectivity index (χ0v) is 13.9. The Labute approximate surface area is 134 Å². The molecule has 3 heterocycles. The Kier molecular flexibility index (Phi) is 3.35. The number of hydrogen-bond donors (Lipinski definition) is 0. The van der Waals surface area contributed by atoms with Gasteiger partial charge in [-0.1, -0.05) is 4.99 Å². The molecule has 8 nitrogen and oxygen atoms in total. The Morgan fingerprint density at radius 3 is 2.65 bits per heavy atom. The lowest BCUT2D eigenvalue weighted by atomic mass is 10.1. The predicted molar refractivity (Wildman–Crippen MR) is 81.3 cm³/mol. The minimum atomic E-state index is -0.794. The maximum absolute atomic E-state index is 12.9. The number of aryl methyl sites for hydroxylation is 1. The molecule has 2 unspecified atom stereocenters. The van der Waals surface area contributed by atoms with Crippen molar-refractivity contribution in [2.45, 2.75) is 46.3 Å². The van der Waals surface area contributed by atoms with Crippen LogP contribution in [0.5, 0.6) is 0 Å². The van der Waals surface area contributed by atoms with Gasteiger partial charge in [-0.15, -0.1) is 0 Å². The highest BCUT2D eigenvalue weighted by Gasteiger charge is 2.54. The first-order chi connectivity index (χ1) is 10.8. The lowest BCUT2D eigenvalue weighted by Gasteiger charge is -2.35. The third-order valence-corrected chi connectivity index (χ3v) is 4.56. The average molecular weight is 318 g/mol. The van der Waals surface area contributed by atoms with E-state index >= 15 is 0 Å². The Balaban J connectivity index is 2.12. The maximum Gasteiger partial charge on any atom is 0.401 e. The van der Waals surface area contributed by atoms with Crippen molar-refractivity contribution in [1.82, 2.24) is 14.4 Å². The number of carbonyl (C=O) groups is 3. The van der Waals surface area contributed by atoms with Crippen molar-refractivity contribution in [1.29, 1.82) is 0 Å². The maximum atomic E-state index is 12.9. The molecule has 2 aliphatic rings. The molecule has 0 aromatic carbocycles. The van der Waals surface area contributed by atoms with Crippen LogP contribution >= 0.6 is 0 Å². The third kappa shape index (κ3) is 1.94. The van der Waals surface area contributed by atoms with Gasteiger partial charge in [0, 0.05) is 7.05 Å². The van der Waals surface area contributed by atoms with Crippen LogP contribution in [0.4, 0.5) is 10.7 Å². The number of fused-ring (bicyclic) bond motifs is 3. The van der Waals surface area contributed by atoms with Gasteiger partial charge in [-0.25, -0.2) is 18.8 Å². The number of ketones is 1. The molecule has 1 aromatic heterocycles. The molecule has 0 N–H and O–H groups in total. The normalized spacial score (nSPS) is 21.3. The van der Waals surface area contributed by atoms with Gasteiger partial charge in [-0.05, 0) is 27.7 Å². The number of amidine groups is 1. The SMILES string of the molecule is CCn1c(C)c[n+]2c1N=C1C2C(=O)N(C(C)C(C)=O)C(=O)N1C. The van der Waals surface area contributed by atoms with Crippen LogP contribution < -0.4 is 4.57 Å². The van der Waals surface area contributed by atoms with Crippen LogP contribution in [0.3, 0.4) is 0 Å². The van der Waals surface area contributed by atoms with Gasteiger partial charge < -0.3 is 0 Å². The van der Waals surface area contributed by atoms with Crippen molar-refractivity contribution in [3.63, 3.8) is 0 Å². The Morgan fingerprint density at radius 1 is 1.43 bits per heavy atom. The number of nitrogens with zero attached hydrogens (tertiary/aromatic N) is 5. The number of imidazole rings is 1. The molecule has 2 aliphatic heterocycles. The van der Waals surface area contributed by atoms with E-state index in [1.807, 2.05) is 24.6 Å². The van der Waals surface area contributed by atoms with E-state index in [4.69, 9.17) is 0 Å².